The number of rotatable bonds is 5. The standard InChI is InChI=1S/C22H16Cl2N4O3S2/c1-2-19(29)27-22-26-15-6-4-12(10-18(15)33-22)25-21(32)28-20(30)17-8-7-16(31-17)13-5-3-11(23)9-14(13)24/h3-10H,2H2,1H3,(H,26,27,29)(H2,25,28,30,32). The fourth-order valence-corrected chi connectivity index (χ4v) is 4.52. The van der Waals surface area contributed by atoms with E-state index >= 15 is 0 Å². The maximum absolute atomic E-state index is 12.5. The van der Waals surface area contributed by atoms with Crippen LogP contribution in [0.4, 0.5) is 10.8 Å². The molecule has 0 bridgehead atoms. The second kappa shape index (κ2) is 9.88. The Morgan fingerprint density at radius 3 is 2.67 bits per heavy atom. The summed E-state index contributed by atoms with van der Waals surface area (Å²) in [5.74, 6) is -0.0975. The van der Waals surface area contributed by atoms with Crippen molar-refractivity contribution in [2.75, 3.05) is 10.6 Å². The molecule has 0 aliphatic heterocycles. The maximum atomic E-state index is 12.5. The number of halogens is 2. The SMILES string of the molecule is CCC(=O)Nc1nc2ccc(NC(=S)NC(=O)c3ccc(-c4ccc(Cl)cc4Cl)o3)cc2s1. The molecule has 0 aliphatic carbocycles. The van der Waals surface area contributed by atoms with Crippen molar-refractivity contribution in [1.29, 1.82) is 0 Å². The zero-order valence-corrected chi connectivity index (χ0v) is 20.2. The van der Waals surface area contributed by atoms with Gasteiger partial charge in [-0.15, -0.1) is 0 Å². The number of thiazole rings is 1. The first-order chi connectivity index (χ1) is 15.8. The van der Waals surface area contributed by atoms with Crippen molar-refractivity contribution in [3.8, 4) is 11.3 Å². The Kier molecular flexibility index (Phi) is 6.94. The van der Waals surface area contributed by atoms with Crippen LogP contribution in [-0.4, -0.2) is 21.9 Å². The Hall–Kier alpha value is -2.98. The van der Waals surface area contributed by atoms with Crippen LogP contribution >= 0.6 is 46.8 Å². The number of aromatic nitrogens is 1. The van der Waals surface area contributed by atoms with Gasteiger partial charge in [-0.05, 0) is 60.7 Å². The van der Waals surface area contributed by atoms with E-state index in [1.165, 1.54) is 17.4 Å². The molecule has 0 aliphatic rings. The molecular weight excluding hydrogens is 503 g/mol. The number of hydrogen-bond donors (Lipinski definition) is 3. The molecule has 0 saturated carbocycles. The molecule has 0 unspecified atom stereocenters. The van der Waals surface area contributed by atoms with Gasteiger partial charge in [0.2, 0.25) is 5.91 Å². The number of amides is 2. The zero-order chi connectivity index (χ0) is 23.5. The molecule has 0 atom stereocenters. The Morgan fingerprint density at radius 1 is 1.09 bits per heavy atom. The zero-order valence-electron chi connectivity index (χ0n) is 17.1. The largest absolute Gasteiger partial charge is 0.451 e. The van der Waals surface area contributed by atoms with Gasteiger partial charge >= 0.3 is 0 Å². The number of nitrogens with zero attached hydrogens (tertiary/aromatic N) is 1. The van der Waals surface area contributed by atoms with Crippen molar-refractivity contribution < 1.29 is 14.0 Å². The van der Waals surface area contributed by atoms with Gasteiger partial charge in [-0.2, -0.15) is 0 Å². The minimum atomic E-state index is -0.507. The van der Waals surface area contributed by atoms with Crippen LogP contribution in [0, 0.1) is 0 Å². The number of anilines is 2. The normalized spacial score (nSPS) is 10.8. The van der Waals surface area contributed by atoms with Gasteiger partial charge in [-0.1, -0.05) is 41.5 Å². The Morgan fingerprint density at radius 2 is 1.91 bits per heavy atom. The third-order valence-electron chi connectivity index (χ3n) is 4.47. The van der Waals surface area contributed by atoms with Gasteiger partial charge < -0.3 is 15.1 Å². The molecule has 2 aromatic heterocycles. The van der Waals surface area contributed by atoms with E-state index in [1.807, 2.05) is 6.07 Å². The van der Waals surface area contributed by atoms with E-state index in [0.29, 0.717) is 38.6 Å². The Bertz CT molecular complexity index is 1380. The van der Waals surface area contributed by atoms with E-state index in [2.05, 4.69) is 20.9 Å². The van der Waals surface area contributed by atoms with Gasteiger partial charge in [-0.25, -0.2) is 4.98 Å². The van der Waals surface area contributed by atoms with Crippen LogP contribution < -0.4 is 16.0 Å². The van der Waals surface area contributed by atoms with Crippen LogP contribution in [-0.2, 0) is 4.79 Å². The van der Waals surface area contributed by atoms with Gasteiger partial charge in [0.15, 0.2) is 16.0 Å². The molecule has 33 heavy (non-hydrogen) atoms. The molecule has 2 aromatic carbocycles. The Labute approximate surface area is 208 Å². The summed E-state index contributed by atoms with van der Waals surface area (Å²) < 4.78 is 6.49. The number of carbonyl (C=O) groups is 2. The van der Waals surface area contributed by atoms with Crippen molar-refractivity contribution in [3.63, 3.8) is 0 Å². The predicted octanol–water partition coefficient (Wildman–Crippen LogP) is 6.34. The van der Waals surface area contributed by atoms with Crippen molar-refractivity contribution in [3.05, 3.63) is 64.3 Å². The molecule has 7 nitrogen and oxygen atoms in total. The van der Waals surface area contributed by atoms with E-state index < -0.39 is 5.91 Å². The third kappa shape index (κ3) is 5.51. The molecule has 2 heterocycles. The first kappa shape index (κ1) is 23.2. The minimum Gasteiger partial charge on any atom is -0.451 e. The predicted molar refractivity (Wildman–Crippen MR) is 136 cm³/mol. The van der Waals surface area contributed by atoms with Crippen LogP contribution in [0.2, 0.25) is 10.0 Å². The molecule has 4 aromatic rings. The summed E-state index contributed by atoms with van der Waals surface area (Å²) in [4.78, 5) is 28.5. The molecule has 0 fully saturated rings. The van der Waals surface area contributed by atoms with Gasteiger partial charge in [0, 0.05) is 22.7 Å². The Balaban J connectivity index is 1.41. The molecule has 0 spiro atoms. The highest BCUT2D eigenvalue weighted by molar-refractivity contribution is 7.80. The average molecular weight is 519 g/mol. The highest BCUT2D eigenvalue weighted by Crippen LogP contribution is 2.32. The number of thiocarbonyl (C=S) groups is 1. The molecule has 4 rings (SSSR count). The quantitative estimate of drug-likeness (QED) is 0.267. The number of nitrogens with one attached hydrogen (secondary N) is 3. The van der Waals surface area contributed by atoms with Crippen LogP contribution in [0.1, 0.15) is 23.9 Å². The summed E-state index contributed by atoms with van der Waals surface area (Å²) in [6.07, 6.45) is 0.376. The van der Waals surface area contributed by atoms with Crippen LogP contribution in [0.5, 0.6) is 0 Å². The van der Waals surface area contributed by atoms with Gasteiger partial charge in [0.25, 0.3) is 5.91 Å². The lowest BCUT2D eigenvalue weighted by Crippen LogP contribution is -2.33. The summed E-state index contributed by atoms with van der Waals surface area (Å²) >= 11 is 18.7. The smallest absolute Gasteiger partial charge is 0.293 e. The maximum Gasteiger partial charge on any atom is 0.293 e. The van der Waals surface area contributed by atoms with Crippen molar-refractivity contribution in [2.45, 2.75) is 13.3 Å². The number of benzene rings is 2. The minimum absolute atomic E-state index is 0.0781. The van der Waals surface area contributed by atoms with Crippen molar-refractivity contribution in [1.82, 2.24) is 10.3 Å². The van der Waals surface area contributed by atoms with Gasteiger partial charge in [-0.3, -0.25) is 14.9 Å². The third-order valence-corrected chi connectivity index (χ3v) is 6.15. The molecule has 3 N–H and O–H groups in total. The number of hydrogen-bond acceptors (Lipinski definition) is 6. The van der Waals surface area contributed by atoms with Gasteiger partial charge in [0.1, 0.15) is 5.76 Å². The lowest BCUT2D eigenvalue weighted by molar-refractivity contribution is -0.115. The van der Waals surface area contributed by atoms with Gasteiger partial charge in [0.05, 0.1) is 15.2 Å². The topological polar surface area (TPSA) is 96.3 Å². The lowest BCUT2D eigenvalue weighted by Gasteiger charge is -2.08. The fourth-order valence-electron chi connectivity index (χ4n) is 2.88. The molecule has 0 saturated heterocycles. The van der Waals surface area contributed by atoms with Crippen LogP contribution in [0.3, 0.4) is 0 Å². The number of furan rings is 1. The second-order valence-electron chi connectivity index (χ2n) is 6.80. The van der Waals surface area contributed by atoms with E-state index in [0.717, 1.165) is 10.2 Å². The highest BCUT2D eigenvalue weighted by atomic mass is 35.5. The first-order valence-electron chi connectivity index (χ1n) is 9.70. The molecular formula is C22H16Cl2N4O3S2. The van der Waals surface area contributed by atoms with E-state index in [1.54, 1.807) is 43.3 Å². The molecule has 168 valence electrons. The average Bonchev–Trinajstić information content (AvgIpc) is 3.40. The monoisotopic (exact) mass is 518 g/mol. The van der Waals surface area contributed by atoms with E-state index in [4.69, 9.17) is 39.8 Å². The van der Waals surface area contributed by atoms with Crippen molar-refractivity contribution in [2.24, 2.45) is 0 Å². The highest BCUT2D eigenvalue weighted by Gasteiger charge is 2.16. The lowest BCUT2D eigenvalue weighted by atomic mass is 10.2. The van der Waals surface area contributed by atoms with E-state index in [9.17, 15) is 9.59 Å². The molecule has 0 radical (unpaired) electrons. The van der Waals surface area contributed by atoms with Crippen molar-refractivity contribution >= 4 is 84.7 Å². The summed E-state index contributed by atoms with van der Waals surface area (Å²) in [7, 11) is 0. The van der Waals surface area contributed by atoms with E-state index in [-0.39, 0.29) is 16.8 Å². The van der Waals surface area contributed by atoms with Crippen LogP contribution in [0.15, 0.2) is 52.9 Å². The number of fused-ring (bicyclic) bond motifs is 1. The molecule has 2 amide bonds. The summed E-state index contributed by atoms with van der Waals surface area (Å²) in [6.45, 7) is 1.77. The number of carbonyl (C=O) groups excluding carboxylic acids is 2. The summed E-state index contributed by atoms with van der Waals surface area (Å²) in [6, 6.07) is 13.6. The van der Waals surface area contributed by atoms with Crippen LogP contribution in [0.25, 0.3) is 21.5 Å². The molecule has 11 heteroatoms. The first-order valence-corrected chi connectivity index (χ1v) is 11.7. The summed E-state index contributed by atoms with van der Waals surface area (Å²) in [5.41, 5.74) is 2.03. The summed E-state index contributed by atoms with van der Waals surface area (Å²) in [5, 5.41) is 9.84. The fraction of sp³-hybridized carbons (Fsp3) is 0.0909. The second-order valence-corrected chi connectivity index (χ2v) is 9.08.